The Balaban J connectivity index is 1.67. The van der Waals surface area contributed by atoms with Crippen molar-refractivity contribution < 1.29 is 8.42 Å². The summed E-state index contributed by atoms with van der Waals surface area (Å²) < 4.78 is 26.8. The number of hydrogen-bond donors (Lipinski definition) is 0. The molecule has 172 valence electrons. The van der Waals surface area contributed by atoms with Crippen LogP contribution < -0.4 is 5.69 Å². The van der Waals surface area contributed by atoms with E-state index in [4.69, 9.17) is 4.98 Å². The molecule has 3 aromatic rings. The Kier molecular flexibility index (Phi) is 5.79. The van der Waals surface area contributed by atoms with Crippen molar-refractivity contribution in [3.05, 3.63) is 51.9 Å². The van der Waals surface area contributed by atoms with Crippen LogP contribution in [0.4, 0.5) is 0 Å². The van der Waals surface area contributed by atoms with Gasteiger partial charge in [-0.3, -0.25) is 14.0 Å². The Morgan fingerprint density at radius 2 is 1.75 bits per heavy atom. The fourth-order valence-corrected chi connectivity index (χ4v) is 5.54. The second kappa shape index (κ2) is 8.15. The zero-order valence-electron chi connectivity index (χ0n) is 19.6. The van der Waals surface area contributed by atoms with E-state index in [1.165, 1.54) is 0 Å². The molecule has 0 unspecified atom stereocenters. The predicted molar refractivity (Wildman–Crippen MR) is 129 cm³/mol. The van der Waals surface area contributed by atoms with Gasteiger partial charge in [0.2, 0.25) is 0 Å². The van der Waals surface area contributed by atoms with Gasteiger partial charge < -0.3 is 0 Å². The molecule has 7 nitrogen and oxygen atoms in total. The van der Waals surface area contributed by atoms with Gasteiger partial charge in [-0.2, -0.15) is 0 Å². The van der Waals surface area contributed by atoms with E-state index in [9.17, 15) is 13.2 Å². The van der Waals surface area contributed by atoms with Crippen LogP contribution in [0.2, 0.25) is 0 Å². The van der Waals surface area contributed by atoms with Gasteiger partial charge in [0, 0.05) is 38.8 Å². The van der Waals surface area contributed by atoms with E-state index in [0.29, 0.717) is 31.8 Å². The van der Waals surface area contributed by atoms with Crippen molar-refractivity contribution in [2.45, 2.75) is 40.8 Å². The zero-order chi connectivity index (χ0) is 23.3. The minimum Gasteiger partial charge on any atom is -0.297 e. The molecule has 0 amide bonds. The summed E-state index contributed by atoms with van der Waals surface area (Å²) in [7, 11) is -1.11. The van der Waals surface area contributed by atoms with E-state index in [1.54, 1.807) is 16.2 Å². The summed E-state index contributed by atoms with van der Waals surface area (Å²) in [4.78, 5) is 19.9. The molecule has 0 aliphatic carbocycles. The first-order valence-corrected chi connectivity index (χ1v) is 12.8. The molecule has 1 aliphatic heterocycles. The fourth-order valence-electron chi connectivity index (χ4n) is 4.26. The molecule has 0 saturated carbocycles. The quantitative estimate of drug-likeness (QED) is 0.603. The minimum absolute atomic E-state index is 0.0184. The van der Waals surface area contributed by atoms with Crippen molar-refractivity contribution in [1.82, 2.24) is 19.0 Å². The number of benzene rings is 1. The number of aromatic nitrogens is 3. The van der Waals surface area contributed by atoms with Gasteiger partial charge in [0.25, 0.3) is 0 Å². The third kappa shape index (κ3) is 4.66. The lowest BCUT2D eigenvalue weighted by Crippen LogP contribution is -2.39. The number of nitrogens with zero attached hydrogens (tertiary/aromatic N) is 4. The van der Waals surface area contributed by atoms with Crippen LogP contribution in [0.3, 0.4) is 0 Å². The Hall–Kier alpha value is -2.45. The van der Waals surface area contributed by atoms with Crippen molar-refractivity contribution in [2.75, 3.05) is 24.6 Å². The summed E-state index contributed by atoms with van der Waals surface area (Å²) >= 11 is 0. The molecule has 32 heavy (non-hydrogen) atoms. The molecular weight excluding hydrogens is 424 g/mol. The smallest absolute Gasteiger partial charge is 0.297 e. The van der Waals surface area contributed by atoms with Gasteiger partial charge in [-0.1, -0.05) is 32.9 Å². The van der Waals surface area contributed by atoms with Crippen molar-refractivity contribution in [1.29, 1.82) is 0 Å². The SMILES string of the molecule is Cc1ccc(CN2CCS(=O)(=O)CC2)cc1-c1ccc2c(n1)n(C)c(=O)n2CC(C)(C)C. The number of rotatable bonds is 4. The lowest BCUT2D eigenvalue weighted by atomic mass is 9.97. The maximum Gasteiger partial charge on any atom is 0.330 e. The first-order chi connectivity index (χ1) is 14.9. The molecule has 8 heteroatoms. The van der Waals surface area contributed by atoms with E-state index in [0.717, 1.165) is 27.9 Å². The third-order valence-corrected chi connectivity index (χ3v) is 7.64. The highest BCUT2D eigenvalue weighted by molar-refractivity contribution is 7.91. The predicted octanol–water partition coefficient (Wildman–Crippen LogP) is 2.99. The lowest BCUT2D eigenvalue weighted by molar-refractivity contribution is 0.287. The van der Waals surface area contributed by atoms with Gasteiger partial charge in [0.1, 0.15) is 0 Å². The summed E-state index contributed by atoms with van der Waals surface area (Å²) in [5.74, 6) is 0.451. The molecule has 1 fully saturated rings. The maximum atomic E-state index is 12.8. The monoisotopic (exact) mass is 456 g/mol. The Morgan fingerprint density at radius 3 is 2.41 bits per heavy atom. The topological polar surface area (TPSA) is 77.2 Å². The van der Waals surface area contributed by atoms with E-state index in [1.807, 2.05) is 12.1 Å². The van der Waals surface area contributed by atoms with E-state index >= 15 is 0 Å². The van der Waals surface area contributed by atoms with Crippen LogP contribution in [-0.2, 0) is 30.0 Å². The van der Waals surface area contributed by atoms with Gasteiger partial charge in [0.15, 0.2) is 15.5 Å². The van der Waals surface area contributed by atoms with E-state index in [2.05, 4.69) is 50.8 Å². The molecule has 2 aromatic heterocycles. The average molecular weight is 457 g/mol. The molecule has 0 spiro atoms. The normalized spacial score (nSPS) is 17.2. The van der Waals surface area contributed by atoms with Crippen molar-refractivity contribution >= 4 is 21.0 Å². The Labute approximate surface area is 189 Å². The lowest BCUT2D eigenvalue weighted by Gasteiger charge is -2.26. The first kappa shape index (κ1) is 22.7. The van der Waals surface area contributed by atoms with Crippen molar-refractivity contribution in [3.63, 3.8) is 0 Å². The van der Waals surface area contributed by atoms with Crippen LogP contribution in [0, 0.1) is 12.3 Å². The second-order valence-corrected chi connectivity index (χ2v) is 12.4. The van der Waals surface area contributed by atoms with Gasteiger partial charge in [-0.15, -0.1) is 0 Å². The van der Waals surface area contributed by atoms with Gasteiger partial charge >= 0.3 is 5.69 Å². The molecular formula is C24H32N4O3S. The van der Waals surface area contributed by atoms with Crippen LogP contribution in [0.25, 0.3) is 22.4 Å². The van der Waals surface area contributed by atoms with Crippen LogP contribution >= 0.6 is 0 Å². The van der Waals surface area contributed by atoms with E-state index < -0.39 is 9.84 Å². The van der Waals surface area contributed by atoms with Crippen LogP contribution in [0.5, 0.6) is 0 Å². The molecule has 0 atom stereocenters. The van der Waals surface area contributed by atoms with Gasteiger partial charge in [-0.25, -0.2) is 18.2 Å². The zero-order valence-corrected chi connectivity index (χ0v) is 20.4. The standard InChI is InChI=1S/C24H32N4O3S/c1-17-6-7-18(15-27-10-12-32(30,31)13-11-27)14-19(17)20-8-9-21-22(25-20)26(5)23(29)28(21)16-24(2,3)4/h6-9,14H,10-13,15-16H2,1-5H3. The number of imidazole rings is 1. The summed E-state index contributed by atoms with van der Waals surface area (Å²) in [6, 6.07) is 10.3. The van der Waals surface area contributed by atoms with Crippen LogP contribution in [0.1, 0.15) is 31.9 Å². The highest BCUT2D eigenvalue weighted by atomic mass is 32.2. The molecule has 1 aliphatic rings. The molecule has 0 bridgehead atoms. The highest BCUT2D eigenvalue weighted by Crippen LogP contribution is 2.27. The Morgan fingerprint density at radius 1 is 1.06 bits per heavy atom. The molecule has 4 rings (SSSR count). The summed E-state index contributed by atoms with van der Waals surface area (Å²) in [5, 5.41) is 0. The largest absolute Gasteiger partial charge is 0.330 e. The highest BCUT2D eigenvalue weighted by Gasteiger charge is 2.22. The third-order valence-electron chi connectivity index (χ3n) is 6.03. The number of pyridine rings is 1. The van der Waals surface area contributed by atoms with Crippen molar-refractivity contribution in [3.8, 4) is 11.3 Å². The van der Waals surface area contributed by atoms with E-state index in [-0.39, 0.29) is 22.6 Å². The number of aryl methyl sites for hydroxylation is 2. The molecule has 3 heterocycles. The van der Waals surface area contributed by atoms with Gasteiger partial charge in [-0.05, 0) is 41.7 Å². The molecule has 0 N–H and O–H groups in total. The van der Waals surface area contributed by atoms with Crippen LogP contribution in [-0.4, -0.2) is 52.0 Å². The second-order valence-electron chi connectivity index (χ2n) is 10.1. The minimum atomic E-state index is -2.89. The molecule has 0 radical (unpaired) electrons. The fraction of sp³-hybridized carbons (Fsp3) is 0.500. The average Bonchev–Trinajstić information content (AvgIpc) is 2.94. The first-order valence-electron chi connectivity index (χ1n) is 11.0. The number of sulfone groups is 1. The van der Waals surface area contributed by atoms with Crippen LogP contribution in [0.15, 0.2) is 35.1 Å². The summed E-state index contributed by atoms with van der Waals surface area (Å²) in [6.45, 7) is 10.9. The van der Waals surface area contributed by atoms with Crippen molar-refractivity contribution in [2.24, 2.45) is 12.5 Å². The number of hydrogen-bond acceptors (Lipinski definition) is 5. The maximum absolute atomic E-state index is 12.8. The summed E-state index contributed by atoms with van der Waals surface area (Å²) in [5.41, 5.74) is 5.57. The number of fused-ring (bicyclic) bond motifs is 1. The molecule has 1 saturated heterocycles. The molecule has 1 aromatic carbocycles. The summed E-state index contributed by atoms with van der Waals surface area (Å²) in [6.07, 6.45) is 0. The Bertz CT molecular complexity index is 1320. The van der Waals surface area contributed by atoms with Gasteiger partial charge in [0.05, 0.1) is 22.7 Å².